The number of rotatable bonds is 11. The van der Waals surface area contributed by atoms with Gasteiger partial charge in [0, 0.05) is 25.4 Å². The van der Waals surface area contributed by atoms with Crippen LogP contribution in [0.2, 0.25) is 0 Å². The molecule has 0 aliphatic carbocycles. The Hall–Kier alpha value is -3.48. The van der Waals surface area contributed by atoms with Gasteiger partial charge in [0.1, 0.15) is 17.1 Å². The molecule has 210 valence electrons. The summed E-state index contributed by atoms with van der Waals surface area (Å²) < 4.78 is 16.7. The van der Waals surface area contributed by atoms with Gasteiger partial charge in [0.15, 0.2) is 11.9 Å². The van der Waals surface area contributed by atoms with Gasteiger partial charge in [0.25, 0.3) is 5.91 Å². The first kappa shape index (κ1) is 29.5. The number of hydrogen-bond donors (Lipinski definition) is 1. The highest BCUT2D eigenvalue weighted by atomic mass is 79.9. The molecule has 2 aliphatic rings. The van der Waals surface area contributed by atoms with Gasteiger partial charge in [-0.25, -0.2) is 4.79 Å². The van der Waals surface area contributed by atoms with E-state index in [1.54, 1.807) is 0 Å². The first-order valence-corrected chi connectivity index (χ1v) is 14.5. The Balaban J connectivity index is 1.68. The molecular formula is C28H27BrN2O8S. The number of ether oxygens (including phenoxy) is 3. The van der Waals surface area contributed by atoms with Crippen LogP contribution in [0.3, 0.4) is 0 Å². The number of ketones is 1. The largest absolute Gasteiger partial charge is 0.448 e. The molecule has 1 fully saturated rings. The monoisotopic (exact) mass is 630 g/mol. The van der Waals surface area contributed by atoms with Gasteiger partial charge in [-0.2, -0.15) is 0 Å². The summed E-state index contributed by atoms with van der Waals surface area (Å²) in [7, 11) is 1.32. The van der Waals surface area contributed by atoms with E-state index in [1.807, 2.05) is 60.7 Å². The third-order valence-corrected chi connectivity index (χ3v) is 8.14. The van der Waals surface area contributed by atoms with Crippen molar-refractivity contribution in [3.05, 3.63) is 83.1 Å². The maximum Gasteiger partial charge on any atom is 0.356 e. The molecular weight excluding hydrogens is 604 g/mol. The van der Waals surface area contributed by atoms with E-state index in [2.05, 4.69) is 21.2 Å². The summed E-state index contributed by atoms with van der Waals surface area (Å²) in [5.41, 5.74) is 1.56. The molecule has 2 heterocycles. The molecule has 2 aliphatic heterocycles. The Morgan fingerprint density at radius 2 is 1.62 bits per heavy atom. The number of β-lactam (4-membered cyclic amide) rings is 1. The molecule has 0 saturated carbocycles. The number of halogens is 1. The smallest absolute Gasteiger partial charge is 0.356 e. The first-order valence-electron chi connectivity index (χ1n) is 12.3. The Bertz CT molecular complexity index is 1280. The van der Waals surface area contributed by atoms with Crippen LogP contribution in [0.25, 0.3) is 0 Å². The summed E-state index contributed by atoms with van der Waals surface area (Å²) >= 11 is 4.28. The molecule has 10 nitrogen and oxygen atoms in total. The average Bonchev–Trinajstić information content (AvgIpc) is 2.97. The molecule has 2 aromatic carbocycles. The van der Waals surface area contributed by atoms with E-state index >= 15 is 0 Å². The van der Waals surface area contributed by atoms with Crippen LogP contribution in [-0.2, 0) is 38.2 Å². The van der Waals surface area contributed by atoms with E-state index in [4.69, 9.17) is 14.2 Å². The number of nitrogens with one attached hydrogen (secondary N) is 1. The van der Waals surface area contributed by atoms with Crippen molar-refractivity contribution in [2.75, 3.05) is 18.2 Å². The van der Waals surface area contributed by atoms with Gasteiger partial charge in [-0.15, -0.1) is 11.8 Å². The minimum Gasteiger partial charge on any atom is -0.448 e. The van der Waals surface area contributed by atoms with Gasteiger partial charge >= 0.3 is 11.9 Å². The van der Waals surface area contributed by atoms with E-state index < -0.39 is 47.6 Å². The lowest BCUT2D eigenvalue weighted by Gasteiger charge is -2.50. The summed E-state index contributed by atoms with van der Waals surface area (Å²) in [5, 5.41) is 1.97. The highest BCUT2D eigenvalue weighted by Gasteiger charge is 2.55. The zero-order valence-electron chi connectivity index (χ0n) is 21.7. The number of amides is 2. The minimum atomic E-state index is -1.24. The Kier molecular flexibility index (Phi) is 9.77. The molecule has 1 saturated heterocycles. The van der Waals surface area contributed by atoms with Gasteiger partial charge < -0.3 is 19.5 Å². The van der Waals surface area contributed by atoms with E-state index in [0.29, 0.717) is 11.1 Å². The van der Waals surface area contributed by atoms with E-state index in [-0.39, 0.29) is 34.6 Å². The topological polar surface area (TPSA) is 128 Å². The van der Waals surface area contributed by atoms with Crippen molar-refractivity contribution in [1.29, 1.82) is 0 Å². The summed E-state index contributed by atoms with van der Waals surface area (Å²) in [5.74, 6) is -2.79. The van der Waals surface area contributed by atoms with Crippen molar-refractivity contribution in [3.8, 4) is 0 Å². The number of alkyl halides is 1. The van der Waals surface area contributed by atoms with E-state index in [0.717, 1.165) is 0 Å². The van der Waals surface area contributed by atoms with Crippen molar-refractivity contribution >= 4 is 57.2 Å². The van der Waals surface area contributed by atoms with Gasteiger partial charge in [-0.1, -0.05) is 76.6 Å². The van der Waals surface area contributed by atoms with Crippen molar-refractivity contribution in [2.24, 2.45) is 0 Å². The first-order chi connectivity index (χ1) is 19.2. The lowest BCUT2D eigenvalue weighted by molar-refractivity contribution is -0.166. The molecule has 0 spiro atoms. The number of benzene rings is 2. The molecule has 40 heavy (non-hydrogen) atoms. The Morgan fingerprint density at radius 1 is 1.02 bits per heavy atom. The number of esters is 2. The highest BCUT2D eigenvalue weighted by Crippen LogP contribution is 2.43. The fourth-order valence-electron chi connectivity index (χ4n) is 4.42. The zero-order chi connectivity index (χ0) is 28.8. The van der Waals surface area contributed by atoms with Crippen LogP contribution in [0.4, 0.5) is 0 Å². The number of thioether (sulfide) groups is 1. The Labute approximate surface area is 243 Å². The zero-order valence-corrected chi connectivity index (χ0v) is 24.1. The normalized spacial score (nSPS) is 18.9. The molecule has 2 aromatic rings. The average molecular weight is 632 g/mol. The highest BCUT2D eigenvalue weighted by molar-refractivity contribution is 9.09. The second-order valence-corrected chi connectivity index (χ2v) is 10.6. The number of carbonyl (C=O) groups is 5. The number of hydrogen-bond acceptors (Lipinski definition) is 9. The molecule has 1 unspecified atom stereocenters. The van der Waals surface area contributed by atoms with Gasteiger partial charge in [0.05, 0.1) is 11.8 Å². The third kappa shape index (κ3) is 6.45. The SMILES string of the molecule is COC(OC(C)=O)C1=C(C(=O)OC(c2ccccc2)c2ccccc2)N2C(=O)[C@@H](NC(=O)CC(=O)CBr)[C@H]2SC1. The van der Waals surface area contributed by atoms with Crippen molar-refractivity contribution in [2.45, 2.75) is 37.2 Å². The second kappa shape index (κ2) is 13.2. The van der Waals surface area contributed by atoms with E-state index in [1.165, 1.54) is 30.7 Å². The number of methoxy groups -OCH3 is 1. The van der Waals surface area contributed by atoms with Crippen LogP contribution in [0.1, 0.15) is 30.6 Å². The molecule has 1 N–H and O–H groups in total. The summed E-state index contributed by atoms with van der Waals surface area (Å²) in [6, 6.07) is 17.3. The van der Waals surface area contributed by atoms with E-state index in [9.17, 15) is 24.0 Å². The predicted molar refractivity (Wildman–Crippen MR) is 149 cm³/mol. The number of Topliss-reactive ketones (excluding diaryl/α,β-unsaturated/α-hetero) is 1. The molecule has 12 heteroatoms. The maximum absolute atomic E-state index is 13.9. The van der Waals surface area contributed by atoms with Crippen molar-refractivity contribution in [1.82, 2.24) is 10.2 Å². The molecule has 3 atom stereocenters. The van der Waals surface area contributed by atoms with Crippen LogP contribution >= 0.6 is 27.7 Å². The minimum absolute atomic E-state index is 0.0178. The predicted octanol–water partition coefficient (Wildman–Crippen LogP) is 2.86. The molecule has 0 radical (unpaired) electrons. The number of carbonyl (C=O) groups excluding carboxylic acids is 5. The second-order valence-electron chi connectivity index (χ2n) is 8.96. The summed E-state index contributed by atoms with van der Waals surface area (Å²) in [6.07, 6.45) is -2.41. The van der Waals surface area contributed by atoms with Crippen LogP contribution in [-0.4, -0.2) is 70.3 Å². The van der Waals surface area contributed by atoms with Gasteiger partial charge in [0.2, 0.25) is 12.2 Å². The van der Waals surface area contributed by atoms with Crippen LogP contribution < -0.4 is 5.32 Å². The third-order valence-electron chi connectivity index (χ3n) is 6.22. The van der Waals surface area contributed by atoms with Crippen LogP contribution in [0.5, 0.6) is 0 Å². The molecule has 4 rings (SSSR count). The standard InChI is InChI=1S/C28H27BrN2O8S/c1-16(32)38-28(37-2)20-15-40-26-22(30-21(34)13-19(33)14-29)25(35)31(26)23(20)27(36)39-24(17-9-5-3-6-10-17)18-11-7-4-8-12-18/h3-12,22,24,26,28H,13-15H2,1-2H3,(H,30,34)/t22-,26-,28?/m1/s1. The van der Waals surface area contributed by atoms with Crippen molar-refractivity contribution in [3.63, 3.8) is 0 Å². The fourth-order valence-corrected chi connectivity index (χ4v) is 5.98. The molecule has 0 aromatic heterocycles. The maximum atomic E-state index is 13.9. The van der Waals surface area contributed by atoms with Gasteiger partial charge in [-0.3, -0.25) is 24.1 Å². The quantitative estimate of drug-likeness (QED) is 0.131. The van der Waals surface area contributed by atoms with Crippen molar-refractivity contribution < 1.29 is 38.2 Å². The number of fused-ring (bicyclic) bond motifs is 1. The fraction of sp³-hybridized carbons (Fsp3) is 0.321. The van der Waals surface area contributed by atoms with Gasteiger partial charge in [-0.05, 0) is 11.1 Å². The Morgan fingerprint density at radius 3 is 2.15 bits per heavy atom. The molecule has 2 amide bonds. The molecule has 0 bridgehead atoms. The lowest BCUT2D eigenvalue weighted by Crippen LogP contribution is -2.71. The van der Waals surface area contributed by atoms with Crippen LogP contribution in [0.15, 0.2) is 71.9 Å². The summed E-state index contributed by atoms with van der Waals surface area (Å²) in [6.45, 7) is 1.21. The number of nitrogens with zero attached hydrogens (tertiary/aromatic N) is 1. The lowest BCUT2D eigenvalue weighted by atomic mass is 10.0. The van der Waals surface area contributed by atoms with Crippen LogP contribution in [0, 0.1) is 0 Å². The summed E-state index contributed by atoms with van der Waals surface area (Å²) in [4.78, 5) is 64.2.